The molecule has 3 rings (SSSR count). The van der Waals surface area contributed by atoms with E-state index in [2.05, 4.69) is 19.1 Å². The zero-order valence-corrected chi connectivity index (χ0v) is 18.1. The van der Waals surface area contributed by atoms with Crippen LogP contribution in [0.4, 0.5) is 4.79 Å². The number of aryl methyl sites for hydroxylation is 1. The highest BCUT2D eigenvalue weighted by Gasteiger charge is 2.30. The number of hydrogen-bond acceptors (Lipinski definition) is 4. The molecule has 0 bridgehead atoms. The van der Waals surface area contributed by atoms with Gasteiger partial charge in [-0.3, -0.25) is 4.90 Å². The fraction of sp³-hybridized carbons (Fsp3) is 0.208. The minimum absolute atomic E-state index is 0.198. The van der Waals surface area contributed by atoms with E-state index in [9.17, 15) is 4.79 Å². The van der Waals surface area contributed by atoms with E-state index in [0.717, 1.165) is 23.1 Å². The van der Waals surface area contributed by atoms with Gasteiger partial charge < -0.3 is 4.74 Å². The molecule has 2 unspecified atom stereocenters. The van der Waals surface area contributed by atoms with Gasteiger partial charge >= 0.3 is 6.09 Å². The SMILES string of the molecule is CCc1ccc(COC(=O)N(C(S)c2ccccc2)C(S)c2ccccc2)cc1. The van der Waals surface area contributed by atoms with Gasteiger partial charge in [0, 0.05) is 0 Å². The number of amides is 1. The van der Waals surface area contributed by atoms with Crippen molar-refractivity contribution in [3.05, 3.63) is 107 Å². The lowest BCUT2D eigenvalue weighted by molar-refractivity contribution is 0.0889. The zero-order valence-electron chi connectivity index (χ0n) is 16.3. The van der Waals surface area contributed by atoms with Gasteiger partial charge in [0.05, 0.1) is 0 Å². The first-order valence-corrected chi connectivity index (χ1v) is 10.6. The Morgan fingerprint density at radius 3 is 1.69 bits per heavy atom. The molecule has 0 saturated carbocycles. The average molecular weight is 424 g/mol. The number of rotatable bonds is 7. The summed E-state index contributed by atoms with van der Waals surface area (Å²) in [6.45, 7) is 2.31. The predicted molar refractivity (Wildman–Crippen MR) is 124 cm³/mol. The molecule has 150 valence electrons. The smallest absolute Gasteiger partial charge is 0.412 e. The molecule has 3 nitrogen and oxygen atoms in total. The van der Waals surface area contributed by atoms with Crippen LogP contribution in [0.2, 0.25) is 0 Å². The standard InChI is InChI=1S/C24H25NO2S2/c1-2-18-13-15-19(16-14-18)17-27-24(26)25(22(28)20-9-5-3-6-10-20)23(29)21-11-7-4-8-12-21/h3-16,22-23,28-29H,2,17H2,1H3. The Hall–Kier alpha value is -2.37. The van der Waals surface area contributed by atoms with Crippen LogP contribution in [0.3, 0.4) is 0 Å². The van der Waals surface area contributed by atoms with Crippen molar-refractivity contribution in [3.8, 4) is 0 Å². The third-order valence-corrected chi connectivity index (χ3v) is 5.82. The molecule has 3 aromatic rings. The van der Waals surface area contributed by atoms with Crippen LogP contribution < -0.4 is 0 Å². The molecule has 29 heavy (non-hydrogen) atoms. The van der Waals surface area contributed by atoms with Crippen LogP contribution in [0.5, 0.6) is 0 Å². The van der Waals surface area contributed by atoms with Crippen molar-refractivity contribution in [3.63, 3.8) is 0 Å². The van der Waals surface area contributed by atoms with E-state index in [0.29, 0.717) is 0 Å². The number of ether oxygens (including phenoxy) is 1. The summed E-state index contributed by atoms with van der Waals surface area (Å²) in [7, 11) is 0. The van der Waals surface area contributed by atoms with Crippen molar-refractivity contribution in [2.75, 3.05) is 0 Å². The van der Waals surface area contributed by atoms with Crippen molar-refractivity contribution >= 4 is 31.4 Å². The molecule has 2 atom stereocenters. The molecular weight excluding hydrogens is 398 g/mol. The number of carbonyl (C=O) groups is 1. The van der Waals surface area contributed by atoms with Crippen molar-refractivity contribution in [2.45, 2.75) is 30.7 Å². The third-order valence-electron chi connectivity index (χ3n) is 4.73. The maximum Gasteiger partial charge on any atom is 0.412 e. The number of benzene rings is 3. The van der Waals surface area contributed by atoms with E-state index >= 15 is 0 Å². The summed E-state index contributed by atoms with van der Waals surface area (Å²) in [6.07, 6.45) is 0.516. The normalized spacial score (nSPS) is 12.8. The van der Waals surface area contributed by atoms with Gasteiger partial charge in [-0.25, -0.2) is 4.79 Å². The highest BCUT2D eigenvalue weighted by Crippen LogP contribution is 2.36. The van der Waals surface area contributed by atoms with Crippen LogP contribution in [0.1, 0.15) is 39.9 Å². The molecule has 0 saturated heterocycles. The third kappa shape index (κ3) is 5.58. The maximum absolute atomic E-state index is 13.1. The molecule has 5 heteroatoms. The lowest BCUT2D eigenvalue weighted by Gasteiger charge is -2.33. The molecule has 0 aromatic heterocycles. The number of thiol groups is 2. The lowest BCUT2D eigenvalue weighted by Crippen LogP contribution is -2.34. The van der Waals surface area contributed by atoms with Crippen LogP contribution >= 0.6 is 25.3 Å². The molecule has 0 aliphatic carbocycles. The summed E-state index contributed by atoms with van der Waals surface area (Å²) in [5, 5.41) is -0.984. The molecule has 1 amide bonds. The van der Waals surface area contributed by atoms with Gasteiger partial charge in [-0.1, -0.05) is 91.9 Å². The minimum atomic E-state index is -0.492. The minimum Gasteiger partial charge on any atom is -0.444 e. The number of carbonyl (C=O) groups excluding carboxylic acids is 1. The fourth-order valence-electron chi connectivity index (χ4n) is 3.00. The van der Waals surface area contributed by atoms with E-state index in [1.807, 2.05) is 72.8 Å². The number of hydrogen-bond donors (Lipinski definition) is 2. The lowest BCUT2D eigenvalue weighted by atomic mass is 10.1. The fourth-order valence-corrected chi connectivity index (χ4v) is 3.90. The summed E-state index contributed by atoms with van der Waals surface area (Å²) in [5.74, 6) is 0. The van der Waals surface area contributed by atoms with Crippen molar-refractivity contribution < 1.29 is 9.53 Å². The Kier molecular flexibility index (Phi) is 7.67. The van der Waals surface area contributed by atoms with Crippen LogP contribution in [-0.2, 0) is 17.8 Å². The molecular formula is C24H25NO2S2. The van der Waals surface area contributed by atoms with Crippen LogP contribution in [0, 0.1) is 0 Å². The van der Waals surface area contributed by atoms with E-state index in [1.165, 1.54) is 5.56 Å². The Labute approximate surface area is 183 Å². The average Bonchev–Trinajstić information content (AvgIpc) is 2.79. The van der Waals surface area contributed by atoms with E-state index in [1.54, 1.807) is 4.90 Å². The molecule has 0 radical (unpaired) electrons. The highest BCUT2D eigenvalue weighted by molar-refractivity contribution is 7.81. The summed E-state index contributed by atoms with van der Waals surface area (Å²) in [5.41, 5.74) is 3.99. The summed E-state index contributed by atoms with van der Waals surface area (Å²) in [4.78, 5) is 14.6. The van der Waals surface area contributed by atoms with Crippen LogP contribution in [0.15, 0.2) is 84.9 Å². The first-order chi connectivity index (χ1) is 14.1. The molecule has 0 aliphatic rings. The molecule has 0 heterocycles. The quantitative estimate of drug-likeness (QED) is 0.338. The summed E-state index contributed by atoms with van der Waals surface area (Å²) >= 11 is 9.45. The Bertz CT molecular complexity index is 856. The summed E-state index contributed by atoms with van der Waals surface area (Å²) < 4.78 is 5.64. The first-order valence-electron chi connectivity index (χ1n) is 9.59. The van der Waals surface area contributed by atoms with Crippen LogP contribution in [-0.4, -0.2) is 11.0 Å². The van der Waals surface area contributed by atoms with E-state index in [-0.39, 0.29) is 6.61 Å². The Balaban J connectivity index is 1.80. The van der Waals surface area contributed by atoms with Gasteiger partial charge in [-0.05, 0) is 28.7 Å². The monoisotopic (exact) mass is 423 g/mol. The second-order valence-electron chi connectivity index (χ2n) is 6.70. The molecule has 3 aromatic carbocycles. The van der Waals surface area contributed by atoms with E-state index < -0.39 is 16.8 Å². The molecule has 0 aliphatic heterocycles. The van der Waals surface area contributed by atoms with Crippen molar-refractivity contribution in [1.29, 1.82) is 0 Å². The predicted octanol–water partition coefficient (Wildman–Crippen LogP) is 6.44. The van der Waals surface area contributed by atoms with E-state index in [4.69, 9.17) is 30.0 Å². The van der Waals surface area contributed by atoms with Gasteiger partial charge in [0.1, 0.15) is 17.4 Å². The zero-order chi connectivity index (χ0) is 20.6. The highest BCUT2D eigenvalue weighted by atomic mass is 32.1. The largest absolute Gasteiger partial charge is 0.444 e. The van der Waals surface area contributed by atoms with Crippen LogP contribution in [0.25, 0.3) is 0 Å². The summed E-state index contributed by atoms with van der Waals surface area (Å²) in [6, 6.07) is 27.4. The topological polar surface area (TPSA) is 29.5 Å². The van der Waals surface area contributed by atoms with Gasteiger partial charge in [0.25, 0.3) is 0 Å². The Morgan fingerprint density at radius 2 is 1.24 bits per heavy atom. The first kappa shape index (κ1) is 21.3. The van der Waals surface area contributed by atoms with Crippen molar-refractivity contribution in [2.24, 2.45) is 0 Å². The number of nitrogens with zero attached hydrogens (tertiary/aromatic N) is 1. The maximum atomic E-state index is 13.1. The second kappa shape index (κ2) is 10.4. The van der Waals surface area contributed by atoms with Gasteiger partial charge in [0.2, 0.25) is 0 Å². The van der Waals surface area contributed by atoms with Gasteiger partial charge in [0.15, 0.2) is 0 Å². The molecule has 0 spiro atoms. The van der Waals surface area contributed by atoms with Crippen molar-refractivity contribution in [1.82, 2.24) is 4.90 Å². The molecule has 0 fully saturated rings. The Morgan fingerprint density at radius 1 is 0.793 bits per heavy atom. The molecule has 0 N–H and O–H groups in total. The van der Waals surface area contributed by atoms with Gasteiger partial charge in [-0.2, -0.15) is 0 Å². The van der Waals surface area contributed by atoms with Gasteiger partial charge in [-0.15, -0.1) is 25.3 Å². The second-order valence-corrected chi connectivity index (χ2v) is 7.68.